The quantitative estimate of drug-likeness (QED) is 0.228. The van der Waals surface area contributed by atoms with E-state index in [2.05, 4.69) is 126 Å². The normalized spacial score (nSPS) is 15.4. The van der Waals surface area contributed by atoms with E-state index in [0.29, 0.717) is 0 Å². The van der Waals surface area contributed by atoms with Gasteiger partial charge in [0, 0.05) is 0 Å². The molecule has 172 valence electrons. The minimum atomic E-state index is 0.0636. The molecular formula is C35H29B. The zero-order valence-corrected chi connectivity index (χ0v) is 21.4. The van der Waals surface area contributed by atoms with Gasteiger partial charge in [-0.05, 0) is 90.4 Å². The lowest BCUT2D eigenvalue weighted by atomic mass is 9.71. The van der Waals surface area contributed by atoms with Gasteiger partial charge in [0.15, 0.2) is 0 Å². The maximum atomic E-state index is 2.39. The minimum Gasteiger partial charge on any atom is -0.0837 e. The van der Waals surface area contributed by atoms with Crippen LogP contribution in [0, 0.1) is 12.3 Å². The zero-order chi connectivity index (χ0) is 24.6. The number of allylic oxidation sites excluding steroid dienone is 4. The fourth-order valence-electron chi connectivity index (χ4n) is 6.64. The average molecular weight is 460 g/mol. The van der Waals surface area contributed by atoms with E-state index < -0.39 is 0 Å². The van der Waals surface area contributed by atoms with Crippen molar-refractivity contribution in [1.82, 2.24) is 0 Å². The molecule has 0 bridgehead atoms. The average Bonchev–Trinajstić information content (AvgIpc) is 3.21. The third-order valence-electron chi connectivity index (χ3n) is 8.45. The Morgan fingerprint density at radius 1 is 0.639 bits per heavy atom. The Morgan fingerprint density at radius 3 is 2.06 bits per heavy atom. The molecule has 0 amide bonds. The first kappa shape index (κ1) is 21.4. The van der Waals surface area contributed by atoms with Gasteiger partial charge < -0.3 is 0 Å². The van der Waals surface area contributed by atoms with E-state index in [4.69, 9.17) is 0 Å². The number of hydrogen-bond acceptors (Lipinski definition) is 0. The monoisotopic (exact) mass is 460 g/mol. The topological polar surface area (TPSA) is 0 Å². The molecule has 0 fully saturated rings. The van der Waals surface area contributed by atoms with Crippen LogP contribution in [-0.2, 0) is 0 Å². The highest BCUT2D eigenvalue weighted by molar-refractivity contribution is 6.41. The second-order valence-corrected chi connectivity index (χ2v) is 11.1. The van der Waals surface area contributed by atoms with Gasteiger partial charge in [-0.15, -0.1) is 0 Å². The van der Waals surface area contributed by atoms with Crippen LogP contribution < -0.4 is 5.46 Å². The largest absolute Gasteiger partial charge is 0.140 e. The van der Waals surface area contributed by atoms with Crippen LogP contribution in [0.15, 0.2) is 97.1 Å². The lowest BCUT2D eigenvalue weighted by Crippen LogP contribution is -2.16. The molecule has 0 nitrogen and oxygen atoms in total. The van der Waals surface area contributed by atoms with Gasteiger partial charge in [-0.1, -0.05) is 116 Å². The molecule has 7 rings (SSSR count). The Balaban J connectivity index is 1.77. The predicted octanol–water partition coefficient (Wildman–Crippen LogP) is 8.24. The summed E-state index contributed by atoms with van der Waals surface area (Å²) in [4.78, 5) is 0. The molecule has 0 aliphatic heterocycles. The molecule has 5 aromatic carbocycles. The Morgan fingerprint density at radius 2 is 1.28 bits per heavy atom. The maximum absolute atomic E-state index is 2.39. The van der Waals surface area contributed by atoms with Crippen LogP contribution in [0.4, 0.5) is 0 Å². The summed E-state index contributed by atoms with van der Waals surface area (Å²) in [6.45, 7) is 7.03. The van der Waals surface area contributed by atoms with Gasteiger partial charge in [0.05, 0.1) is 0 Å². The Bertz CT molecular complexity index is 1800. The fourth-order valence-corrected chi connectivity index (χ4v) is 6.64. The number of rotatable bonds is 2. The second-order valence-electron chi connectivity index (χ2n) is 11.1. The Hall–Kier alpha value is -3.84. The first-order valence-electron chi connectivity index (χ1n) is 13.0. The lowest BCUT2D eigenvalue weighted by Gasteiger charge is -2.32. The second kappa shape index (κ2) is 7.58. The fraction of sp³-hybridized carbons (Fsp3) is 0.143. The summed E-state index contributed by atoms with van der Waals surface area (Å²) in [5, 5.41) is 5.46. The van der Waals surface area contributed by atoms with Crippen LogP contribution in [0.2, 0.25) is 0 Å². The van der Waals surface area contributed by atoms with E-state index in [-0.39, 0.29) is 5.41 Å². The third-order valence-corrected chi connectivity index (χ3v) is 8.45. The highest BCUT2D eigenvalue weighted by Crippen LogP contribution is 2.58. The molecule has 1 heteroatoms. The highest BCUT2D eigenvalue weighted by atomic mass is 14.4. The minimum absolute atomic E-state index is 0.0636. The van der Waals surface area contributed by atoms with Crippen molar-refractivity contribution in [3.63, 3.8) is 0 Å². The molecule has 0 saturated heterocycles. The van der Waals surface area contributed by atoms with Crippen molar-refractivity contribution in [1.29, 1.82) is 0 Å². The molecule has 0 unspecified atom stereocenters. The summed E-state index contributed by atoms with van der Waals surface area (Å²) in [5.74, 6) is 0. The van der Waals surface area contributed by atoms with Crippen LogP contribution >= 0.6 is 0 Å². The van der Waals surface area contributed by atoms with E-state index >= 15 is 0 Å². The van der Waals surface area contributed by atoms with Crippen LogP contribution in [-0.4, -0.2) is 7.85 Å². The first-order chi connectivity index (χ1) is 17.5. The number of aryl methyl sites for hydroxylation is 1. The van der Waals surface area contributed by atoms with E-state index in [1.807, 2.05) is 0 Å². The van der Waals surface area contributed by atoms with Crippen molar-refractivity contribution < 1.29 is 0 Å². The van der Waals surface area contributed by atoms with Crippen molar-refractivity contribution in [2.75, 3.05) is 0 Å². The molecule has 0 heterocycles. The molecule has 0 N–H and O–H groups in total. The summed E-state index contributed by atoms with van der Waals surface area (Å²) in [6, 6.07) is 29.5. The lowest BCUT2D eigenvalue weighted by molar-refractivity contribution is 0.506. The molecule has 2 aliphatic carbocycles. The molecule has 0 saturated carbocycles. The summed E-state index contributed by atoms with van der Waals surface area (Å²) in [5.41, 5.74) is 13.8. The number of fused-ring (bicyclic) bond motifs is 4. The van der Waals surface area contributed by atoms with Gasteiger partial charge in [-0.25, -0.2) is 0 Å². The zero-order valence-electron chi connectivity index (χ0n) is 21.4. The van der Waals surface area contributed by atoms with Crippen molar-refractivity contribution in [2.24, 2.45) is 5.41 Å². The van der Waals surface area contributed by atoms with Crippen LogP contribution in [0.5, 0.6) is 0 Å². The maximum Gasteiger partial charge on any atom is 0.140 e. The molecule has 0 spiro atoms. The van der Waals surface area contributed by atoms with Gasteiger partial charge in [-0.2, -0.15) is 0 Å². The summed E-state index contributed by atoms with van der Waals surface area (Å²) < 4.78 is 0. The molecule has 2 aliphatic rings. The summed E-state index contributed by atoms with van der Waals surface area (Å²) in [7, 11) is 2.24. The molecular weight excluding hydrogens is 431 g/mol. The summed E-state index contributed by atoms with van der Waals surface area (Å²) >= 11 is 0. The van der Waals surface area contributed by atoms with Crippen molar-refractivity contribution >= 4 is 40.4 Å². The Kier molecular flexibility index (Phi) is 4.52. The molecule has 5 aromatic rings. The van der Waals surface area contributed by atoms with Crippen molar-refractivity contribution in [2.45, 2.75) is 27.2 Å². The molecule has 0 radical (unpaired) electrons. The SMILES string of the molecule is Bc1ccc2c3c(cccc13)-c1c-2c(-c2ccccc2C)c2ccccc2c1C1=CC=CCC1(C)C. The number of hydrogen-bond donors (Lipinski definition) is 0. The standard InChI is InChI=1S/C35H29B/c1-21-11-4-5-12-22(21)31-23-13-6-7-14-24(23)32(28-17-8-9-20-35(28,2)3)34-26-16-10-15-25-29(36)19-18-27(30(25)26)33(31)34/h4-19H,20,36H2,1-3H3. The number of benzene rings is 5. The third kappa shape index (κ3) is 2.83. The smallest absolute Gasteiger partial charge is 0.0837 e. The van der Waals surface area contributed by atoms with Gasteiger partial charge in [-0.3, -0.25) is 0 Å². The van der Waals surface area contributed by atoms with Gasteiger partial charge in [0.1, 0.15) is 7.85 Å². The van der Waals surface area contributed by atoms with E-state index in [0.717, 1.165) is 6.42 Å². The van der Waals surface area contributed by atoms with Gasteiger partial charge in [0.2, 0.25) is 0 Å². The van der Waals surface area contributed by atoms with E-state index in [9.17, 15) is 0 Å². The molecule has 0 atom stereocenters. The van der Waals surface area contributed by atoms with Crippen molar-refractivity contribution in [3.8, 4) is 33.4 Å². The summed E-state index contributed by atoms with van der Waals surface area (Å²) in [6.07, 6.45) is 7.99. The van der Waals surface area contributed by atoms with E-state index in [1.165, 1.54) is 77.1 Å². The van der Waals surface area contributed by atoms with Crippen LogP contribution in [0.3, 0.4) is 0 Å². The highest BCUT2D eigenvalue weighted by Gasteiger charge is 2.35. The first-order valence-corrected chi connectivity index (χ1v) is 13.0. The Labute approximate surface area is 214 Å². The predicted molar refractivity (Wildman–Crippen MR) is 160 cm³/mol. The van der Waals surface area contributed by atoms with Crippen LogP contribution in [0.25, 0.3) is 60.5 Å². The van der Waals surface area contributed by atoms with Crippen LogP contribution in [0.1, 0.15) is 31.4 Å². The molecule has 36 heavy (non-hydrogen) atoms. The molecule has 0 aromatic heterocycles. The van der Waals surface area contributed by atoms with Gasteiger partial charge in [0.25, 0.3) is 0 Å². The van der Waals surface area contributed by atoms with E-state index in [1.54, 1.807) is 0 Å². The van der Waals surface area contributed by atoms with Gasteiger partial charge >= 0.3 is 0 Å². The van der Waals surface area contributed by atoms with Crippen molar-refractivity contribution in [3.05, 3.63) is 108 Å².